The molecule has 0 unspecified atom stereocenters. The van der Waals surface area contributed by atoms with Crippen molar-refractivity contribution < 1.29 is 19.1 Å². The summed E-state index contributed by atoms with van der Waals surface area (Å²) < 4.78 is 10.1. The molecule has 0 saturated heterocycles. The van der Waals surface area contributed by atoms with Crippen LogP contribution in [0.5, 0.6) is 5.75 Å². The number of methoxy groups -OCH3 is 1. The summed E-state index contributed by atoms with van der Waals surface area (Å²) in [5.41, 5.74) is 1.71. The van der Waals surface area contributed by atoms with Gasteiger partial charge in [0.2, 0.25) is 0 Å². The number of carbonyl (C=O) groups is 2. The molecule has 4 nitrogen and oxygen atoms in total. The summed E-state index contributed by atoms with van der Waals surface area (Å²) in [5, 5.41) is 0. The Balaban J connectivity index is 2.25. The van der Waals surface area contributed by atoms with Gasteiger partial charge >= 0.3 is 11.9 Å². The number of para-hydroxylation sites is 1. The average Bonchev–Trinajstić information content (AvgIpc) is 2.60. The molecule has 0 bridgehead atoms. The van der Waals surface area contributed by atoms with E-state index in [-0.39, 0.29) is 11.3 Å². The van der Waals surface area contributed by atoms with Gasteiger partial charge in [0.1, 0.15) is 11.3 Å². The number of aryl methyl sites for hydroxylation is 1. The maximum atomic E-state index is 12.5. The van der Waals surface area contributed by atoms with E-state index < -0.39 is 11.9 Å². The molecule has 0 amide bonds. The van der Waals surface area contributed by atoms with Crippen LogP contribution in [-0.4, -0.2) is 19.0 Å². The number of benzene rings is 2. The normalized spacial score (nSPS) is 10.2. The van der Waals surface area contributed by atoms with E-state index in [0.29, 0.717) is 5.56 Å². The molecule has 0 aliphatic carbocycles. The highest BCUT2D eigenvalue weighted by molar-refractivity contribution is 5.96. The molecule has 23 heavy (non-hydrogen) atoms. The lowest BCUT2D eigenvalue weighted by atomic mass is 10.0. The molecule has 0 fully saturated rings. The SMILES string of the molecule is CCCCc1ccccc1C(=O)Oc1ccccc1C(=O)OC. The number of carbonyl (C=O) groups excluding carboxylic acids is 2. The summed E-state index contributed by atoms with van der Waals surface area (Å²) in [7, 11) is 1.29. The van der Waals surface area contributed by atoms with Crippen LogP contribution in [0.15, 0.2) is 48.5 Å². The van der Waals surface area contributed by atoms with Gasteiger partial charge in [-0.25, -0.2) is 9.59 Å². The van der Waals surface area contributed by atoms with Crippen LogP contribution < -0.4 is 4.74 Å². The number of rotatable bonds is 6. The van der Waals surface area contributed by atoms with E-state index in [1.54, 1.807) is 36.4 Å². The molecular formula is C19H20O4. The molecule has 0 N–H and O–H groups in total. The van der Waals surface area contributed by atoms with Crippen LogP contribution in [0, 0.1) is 0 Å². The van der Waals surface area contributed by atoms with E-state index >= 15 is 0 Å². The minimum atomic E-state index is -0.535. The highest BCUT2D eigenvalue weighted by atomic mass is 16.5. The lowest BCUT2D eigenvalue weighted by molar-refractivity contribution is 0.0593. The van der Waals surface area contributed by atoms with Crippen LogP contribution in [0.3, 0.4) is 0 Å². The summed E-state index contributed by atoms with van der Waals surface area (Å²) in [5.74, 6) is -0.796. The first-order valence-corrected chi connectivity index (χ1v) is 7.64. The first-order valence-electron chi connectivity index (χ1n) is 7.64. The van der Waals surface area contributed by atoms with Gasteiger partial charge in [-0.05, 0) is 36.6 Å². The maximum Gasteiger partial charge on any atom is 0.343 e. The lowest BCUT2D eigenvalue weighted by Crippen LogP contribution is -2.14. The summed E-state index contributed by atoms with van der Waals surface area (Å²) >= 11 is 0. The third kappa shape index (κ3) is 4.19. The van der Waals surface area contributed by atoms with Gasteiger partial charge in [0.25, 0.3) is 0 Å². The summed E-state index contributed by atoms with van der Waals surface area (Å²) in [6.45, 7) is 2.10. The Morgan fingerprint density at radius 3 is 2.26 bits per heavy atom. The molecule has 0 aliphatic heterocycles. The van der Waals surface area contributed by atoms with E-state index in [0.717, 1.165) is 24.8 Å². The molecule has 0 radical (unpaired) electrons. The molecule has 0 atom stereocenters. The molecule has 2 rings (SSSR count). The Kier molecular flexibility index (Phi) is 5.92. The predicted octanol–water partition coefficient (Wildman–Crippen LogP) is 4.04. The molecule has 0 spiro atoms. The third-order valence-corrected chi connectivity index (χ3v) is 3.53. The van der Waals surface area contributed by atoms with Crippen LogP contribution in [0.1, 0.15) is 46.0 Å². The second-order valence-corrected chi connectivity index (χ2v) is 5.14. The number of unbranched alkanes of at least 4 members (excludes halogenated alkanes) is 1. The van der Waals surface area contributed by atoms with Gasteiger partial charge in [-0.15, -0.1) is 0 Å². The minimum Gasteiger partial charge on any atom is -0.465 e. The van der Waals surface area contributed by atoms with E-state index in [9.17, 15) is 9.59 Å². The van der Waals surface area contributed by atoms with Crippen molar-refractivity contribution in [1.29, 1.82) is 0 Å². The number of esters is 2. The molecular weight excluding hydrogens is 292 g/mol. The fraction of sp³-hybridized carbons (Fsp3) is 0.263. The van der Waals surface area contributed by atoms with Crippen molar-refractivity contribution in [3.05, 3.63) is 65.2 Å². The molecule has 2 aromatic rings. The monoisotopic (exact) mass is 312 g/mol. The van der Waals surface area contributed by atoms with E-state index in [2.05, 4.69) is 6.92 Å². The third-order valence-electron chi connectivity index (χ3n) is 3.53. The quantitative estimate of drug-likeness (QED) is 0.597. The Hall–Kier alpha value is -2.62. The van der Waals surface area contributed by atoms with Gasteiger partial charge in [-0.1, -0.05) is 43.7 Å². The zero-order chi connectivity index (χ0) is 16.7. The topological polar surface area (TPSA) is 52.6 Å². The van der Waals surface area contributed by atoms with Crippen molar-refractivity contribution in [3.63, 3.8) is 0 Å². The van der Waals surface area contributed by atoms with E-state index in [1.807, 2.05) is 12.1 Å². The molecule has 2 aromatic carbocycles. The van der Waals surface area contributed by atoms with E-state index in [1.165, 1.54) is 7.11 Å². The van der Waals surface area contributed by atoms with Crippen molar-refractivity contribution in [1.82, 2.24) is 0 Å². The second-order valence-electron chi connectivity index (χ2n) is 5.14. The highest BCUT2D eigenvalue weighted by Crippen LogP contribution is 2.21. The van der Waals surface area contributed by atoms with Gasteiger partial charge in [0, 0.05) is 0 Å². The largest absolute Gasteiger partial charge is 0.465 e. The number of hydrogen-bond acceptors (Lipinski definition) is 4. The Labute approximate surface area is 136 Å². The summed E-state index contributed by atoms with van der Waals surface area (Å²) in [6.07, 6.45) is 2.87. The van der Waals surface area contributed by atoms with Crippen molar-refractivity contribution in [2.75, 3.05) is 7.11 Å². The fourth-order valence-corrected chi connectivity index (χ4v) is 2.29. The predicted molar refractivity (Wildman–Crippen MR) is 87.8 cm³/mol. The molecule has 0 heterocycles. The van der Waals surface area contributed by atoms with Gasteiger partial charge < -0.3 is 9.47 Å². The van der Waals surface area contributed by atoms with Gasteiger partial charge in [0.15, 0.2) is 0 Å². The molecule has 0 aromatic heterocycles. The van der Waals surface area contributed by atoms with Crippen LogP contribution in [0.4, 0.5) is 0 Å². The minimum absolute atomic E-state index is 0.203. The van der Waals surface area contributed by atoms with Crippen LogP contribution in [0.25, 0.3) is 0 Å². The van der Waals surface area contributed by atoms with Crippen LogP contribution in [-0.2, 0) is 11.2 Å². The summed E-state index contributed by atoms with van der Waals surface area (Å²) in [4.78, 5) is 24.2. The second kappa shape index (κ2) is 8.13. The Morgan fingerprint density at radius 2 is 1.57 bits per heavy atom. The van der Waals surface area contributed by atoms with Crippen LogP contribution in [0.2, 0.25) is 0 Å². The maximum absolute atomic E-state index is 12.5. The number of ether oxygens (including phenoxy) is 2. The zero-order valence-electron chi connectivity index (χ0n) is 13.4. The van der Waals surface area contributed by atoms with Gasteiger partial charge in [-0.3, -0.25) is 0 Å². The molecule has 0 aliphatic rings. The highest BCUT2D eigenvalue weighted by Gasteiger charge is 2.18. The first-order chi connectivity index (χ1) is 11.2. The van der Waals surface area contributed by atoms with Gasteiger partial charge in [0.05, 0.1) is 12.7 Å². The summed E-state index contributed by atoms with van der Waals surface area (Å²) in [6, 6.07) is 13.9. The standard InChI is InChI=1S/C19H20O4/c1-3-4-9-14-10-5-6-11-15(14)19(21)23-17-13-8-7-12-16(17)18(20)22-2/h5-8,10-13H,3-4,9H2,1-2H3. The van der Waals surface area contributed by atoms with Gasteiger partial charge in [-0.2, -0.15) is 0 Å². The average molecular weight is 312 g/mol. The van der Waals surface area contributed by atoms with Crippen molar-refractivity contribution in [2.24, 2.45) is 0 Å². The van der Waals surface area contributed by atoms with Crippen molar-refractivity contribution in [3.8, 4) is 5.75 Å². The smallest absolute Gasteiger partial charge is 0.343 e. The zero-order valence-corrected chi connectivity index (χ0v) is 13.4. The van der Waals surface area contributed by atoms with Crippen LogP contribution >= 0.6 is 0 Å². The van der Waals surface area contributed by atoms with Crippen molar-refractivity contribution in [2.45, 2.75) is 26.2 Å². The molecule has 120 valence electrons. The van der Waals surface area contributed by atoms with Crippen molar-refractivity contribution >= 4 is 11.9 Å². The first kappa shape index (κ1) is 16.7. The Bertz CT molecular complexity index is 691. The van der Waals surface area contributed by atoms with E-state index in [4.69, 9.17) is 9.47 Å². The molecule has 0 saturated carbocycles. The molecule has 4 heteroatoms. The lowest BCUT2D eigenvalue weighted by Gasteiger charge is -2.11. The fourth-order valence-electron chi connectivity index (χ4n) is 2.29. The number of hydrogen-bond donors (Lipinski definition) is 0. The Morgan fingerprint density at radius 1 is 0.913 bits per heavy atom.